The number of fused-ring (bicyclic) bond motifs is 4. The molecule has 0 amide bonds. The molecule has 10 heteroatoms. The minimum atomic E-state index is -0.361. The monoisotopic (exact) mass is 533 g/mol. The number of hydrogen-bond acceptors (Lipinski definition) is 6. The summed E-state index contributed by atoms with van der Waals surface area (Å²) in [5.74, 6) is 0.723. The summed E-state index contributed by atoms with van der Waals surface area (Å²) in [7, 11) is 2.15. The van der Waals surface area contributed by atoms with Crippen molar-refractivity contribution in [2.45, 2.75) is 38.8 Å². The Morgan fingerprint density at radius 2 is 1.65 bits per heavy atom. The highest BCUT2D eigenvalue weighted by molar-refractivity contribution is 6.37. The molecule has 37 heavy (non-hydrogen) atoms. The van der Waals surface area contributed by atoms with Crippen LogP contribution in [0.1, 0.15) is 38.8 Å². The zero-order valence-corrected chi connectivity index (χ0v) is 22.6. The number of para-hydroxylation sites is 1. The van der Waals surface area contributed by atoms with Gasteiger partial charge in [-0.15, -0.1) is 0 Å². The minimum absolute atomic E-state index is 0.0751. The number of halogens is 2. The van der Waals surface area contributed by atoms with Gasteiger partial charge in [-0.05, 0) is 70.1 Å². The maximum absolute atomic E-state index is 13.6. The predicted octanol–water partition coefficient (Wildman–Crippen LogP) is 5.89. The van der Waals surface area contributed by atoms with Crippen LogP contribution in [0.4, 0.5) is 11.6 Å². The Labute approximate surface area is 223 Å². The first-order valence-corrected chi connectivity index (χ1v) is 12.6. The Morgan fingerprint density at radius 3 is 2.38 bits per heavy atom. The summed E-state index contributed by atoms with van der Waals surface area (Å²) in [6.07, 6.45) is 4.86. The molecule has 0 spiro atoms. The maximum Gasteiger partial charge on any atom is 0.270 e. The number of nitrogens with one attached hydrogen (secondary N) is 1. The molecule has 0 saturated carbocycles. The van der Waals surface area contributed by atoms with Crippen molar-refractivity contribution < 1.29 is 0 Å². The van der Waals surface area contributed by atoms with Gasteiger partial charge >= 0.3 is 0 Å². The van der Waals surface area contributed by atoms with E-state index in [1.54, 1.807) is 35.0 Å². The van der Waals surface area contributed by atoms with Crippen LogP contribution in [-0.2, 0) is 11.1 Å². The maximum atomic E-state index is 13.6. The molecule has 0 fully saturated rings. The lowest BCUT2D eigenvalue weighted by atomic mass is 9.90. The second kappa shape index (κ2) is 8.02. The lowest BCUT2D eigenvalue weighted by molar-refractivity contribution is 0.0730. The van der Waals surface area contributed by atoms with Crippen LogP contribution in [0.2, 0.25) is 10.0 Å². The Morgan fingerprint density at radius 1 is 0.946 bits per heavy atom. The smallest absolute Gasteiger partial charge is 0.270 e. The van der Waals surface area contributed by atoms with Crippen LogP contribution in [0, 0.1) is 0 Å². The van der Waals surface area contributed by atoms with Gasteiger partial charge in [0, 0.05) is 35.4 Å². The summed E-state index contributed by atoms with van der Waals surface area (Å²) in [6, 6.07) is 11.4. The molecule has 3 aromatic heterocycles. The summed E-state index contributed by atoms with van der Waals surface area (Å²) in [6.45, 7) is 8.92. The third-order valence-corrected chi connectivity index (χ3v) is 8.29. The molecule has 0 atom stereocenters. The summed E-state index contributed by atoms with van der Waals surface area (Å²) in [5.41, 5.74) is 3.64. The highest BCUT2D eigenvalue weighted by Gasteiger charge is 2.46. The van der Waals surface area contributed by atoms with Gasteiger partial charge in [0.25, 0.3) is 5.56 Å². The highest BCUT2D eigenvalue weighted by atomic mass is 35.5. The predicted molar refractivity (Wildman–Crippen MR) is 147 cm³/mol. The van der Waals surface area contributed by atoms with Gasteiger partial charge in [0.05, 0.1) is 15.7 Å². The number of rotatable bonds is 3. The van der Waals surface area contributed by atoms with Crippen LogP contribution in [0.3, 0.4) is 0 Å². The third kappa shape index (κ3) is 3.40. The van der Waals surface area contributed by atoms with E-state index in [-0.39, 0.29) is 16.6 Å². The van der Waals surface area contributed by atoms with Crippen LogP contribution >= 0.6 is 23.2 Å². The summed E-state index contributed by atoms with van der Waals surface area (Å²) in [5, 5.41) is 4.31. The van der Waals surface area contributed by atoms with E-state index < -0.39 is 0 Å². The average molecular weight is 534 g/mol. The van der Waals surface area contributed by atoms with Crippen molar-refractivity contribution >= 4 is 51.6 Å². The first kappa shape index (κ1) is 23.9. The molecule has 6 rings (SSSR count). The summed E-state index contributed by atoms with van der Waals surface area (Å²) < 4.78 is 3.12. The molecule has 2 aromatic carbocycles. The van der Waals surface area contributed by atoms with Gasteiger partial charge < -0.3 is 5.32 Å². The van der Waals surface area contributed by atoms with Gasteiger partial charge in [0.15, 0.2) is 5.65 Å². The molecule has 0 radical (unpaired) electrons. The van der Waals surface area contributed by atoms with Crippen molar-refractivity contribution in [3.8, 4) is 5.69 Å². The molecule has 188 valence electrons. The third-order valence-electron chi connectivity index (χ3n) is 7.68. The SMILES string of the molecule is CN1C(C)(C)c2ccc(Nc3ncc4c(=O)n(-c5c(Cl)cccc5Cl)c5nccn5c4n3)cc2C1(C)C. The van der Waals surface area contributed by atoms with Crippen LogP contribution in [0.5, 0.6) is 0 Å². The van der Waals surface area contributed by atoms with Crippen molar-refractivity contribution in [1.29, 1.82) is 0 Å². The molecular weight excluding hydrogens is 509 g/mol. The second-order valence-electron chi connectivity index (χ2n) is 10.3. The minimum Gasteiger partial charge on any atom is -0.324 e. The van der Waals surface area contributed by atoms with Gasteiger partial charge in [-0.1, -0.05) is 35.3 Å². The molecule has 5 aromatic rings. The van der Waals surface area contributed by atoms with E-state index in [0.29, 0.717) is 38.5 Å². The van der Waals surface area contributed by atoms with E-state index in [0.717, 1.165) is 5.69 Å². The number of anilines is 2. The van der Waals surface area contributed by atoms with E-state index >= 15 is 0 Å². The van der Waals surface area contributed by atoms with E-state index in [2.05, 4.69) is 67.1 Å². The first-order valence-electron chi connectivity index (χ1n) is 11.9. The van der Waals surface area contributed by atoms with Gasteiger partial charge in [-0.3, -0.25) is 14.1 Å². The van der Waals surface area contributed by atoms with Crippen molar-refractivity contribution in [2.75, 3.05) is 12.4 Å². The molecule has 1 N–H and O–H groups in total. The number of benzene rings is 2. The molecular formula is C27H25Cl2N7O. The lowest BCUT2D eigenvalue weighted by Crippen LogP contribution is -2.42. The molecule has 4 heterocycles. The fraction of sp³-hybridized carbons (Fsp3) is 0.259. The first-order chi connectivity index (χ1) is 17.5. The molecule has 0 saturated heterocycles. The van der Waals surface area contributed by atoms with Gasteiger partial charge in [-0.2, -0.15) is 4.98 Å². The lowest BCUT2D eigenvalue weighted by Gasteiger charge is -2.37. The highest BCUT2D eigenvalue weighted by Crippen LogP contribution is 2.48. The number of imidazole rings is 1. The van der Waals surface area contributed by atoms with Gasteiger partial charge in [-0.25, -0.2) is 14.5 Å². The molecule has 1 aliphatic heterocycles. The quantitative estimate of drug-likeness (QED) is 0.311. The second-order valence-corrected chi connectivity index (χ2v) is 11.1. The summed E-state index contributed by atoms with van der Waals surface area (Å²) in [4.78, 5) is 29.5. The molecule has 0 unspecified atom stereocenters. The van der Waals surface area contributed by atoms with E-state index in [9.17, 15) is 4.79 Å². The Kier molecular flexibility index (Phi) is 5.18. The van der Waals surface area contributed by atoms with Crippen molar-refractivity contribution in [1.82, 2.24) is 28.8 Å². The van der Waals surface area contributed by atoms with E-state index in [1.807, 2.05) is 6.07 Å². The van der Waals surface area contributed by atoms with E-state index in [1.165, 1.54) is 21.9 Å². The van der Waals surface area contributed by atoms with Crippen molar-refractivity contribution in [2.24, 2.45) is 0 Å². The van der Waals surface area contributed by atoms with Crippen LogP contribution < -0.4 is 10.9 Å². The summed E-state index contributed by atoms with van der Waals surface area (Å²) >= 11 is 12.9. The van der Waals surface area contributed by atoms with Crippen LogP contribution in [-0.4, -0.2) is 35.9 Å². The van der Waals surface area contributed by atoms with Crippen LogP contribution in [0.15, 0.2) is 59.8 Å². The van der Waals surface area contributed by atoms with Crippen molar-refractivity contribution in [3.05, 3.63) is 86.5 Å². The normalized spacial score (nSPS) is 16.4. The number of aromatic nitrogens is 5. The topological polar surface area (TPSA) is 80.4 Å². The molecule has 8 nitrogen and oxygen atoms in total. The zero-order valence-electron chi connectivity index (χ0n) is 21.0. The Balaban J connectivity index is 1.48. The number of nitrogens with zero attached hydrogens (tertiary/aromatic N) is 6. The fourth-order valence-electron chi connectivity index (χ4n) is 5.36. The number of hydrogen-bond donors (Lipinski definition) is 1. The van der Waals surface area contributed by atoms with Gasteiger partial charge in [0.1, 0.15) is 5.39 Å². The van der Waals surface area contributed by atoms with Gasteiger partial charge in [0.2, 0.25) is 11.7 Å². The van der Waals surface area contributed by atoms with Crippen LogP contribution in [0.25, 0.3) is 22.5 Å². The van der Waals surface area contributed by atoms with Crippen molar-refractivity contribution in [3.63, 3.8) is 0 Å². The Hall–Kier alpha value is -3.46. The standard InChI is InChI=1S/C27H25Cl2N7O/c1-26(2)17-10-9-15(13-18(17)27(3,4)34(26)5)32-24-31-14-16-22(33-24)35-12-11-30-25(35)36(23(16)37)21-19(28)7-6-8-20(21)29/h6-14H,1-5H3,(H,31,32,33). The molecule has 1 aliphatic rings. The fourth-order valence-corrected chi connectivity index (χ4v) is 5.93. The molecule has 0 aliphatic carbocycles. The molecule has 0 bridgehead atoms. The Bertz CT molecular complexity index is 1770. The average Bonchev–Trinajstić information content (AvgIpc) is 3.39. The van der Waals surface area contributed by atoms with E-state index in [4.69, 9.17) is 28.2 Å². The zero-order chi connectivity index (χ0) is 26.3. The largest absolute Gasteiger partial charge is 0.324 e.